The number of guanidine groups is 1. The van der Waals surface area contributed by atoms with Gasteiger partial charge in [-0.3, -0.25) is 9.67 Å². The van der Waals surface area contributed by atoms with Gasteiger partial charge in [-0.05, 0) is 39.7 Å². The number of amides is 1. The molecule has 0 aliphatic heterocycles. The number of hydrogen-bond acceptors (Lipinski definition) is 4. The third-order valence-corrected chi connectivity index (χ3v) is 3.46. The van der Waals surface area contributed by atoms with Crippen molar-refractivity contribution < 1.29 is 9.53 Å². The Morgan fingerprint density at radius 2 is 1.96 bits per heavy atom. The molecule has 0 unspecified atom stereocenters. The van der Waals surface area contributed by atoms with Gasteiger partial charge in [0.05, 0.1) is 0 Å². The molecule has 1 aromatic heterocycles. The van der Waals surface area contributed by atoms with E-state index in [4.69, 9.17) is 4.74 Å². The van der Waals surface area contributed by atoms with Crippen LogP contribution in [0.5, 0.6) is 0 Å². The minimum Gasteiger partial charge on any atom is -0.444 e. The Hall–Kier alpha value is -1.52. The molecule has 9 heteroatoms. The Bertz CT molecular complexity index is 543. The summed E-state index contributed by atoms with van der Waals surface area (Å²) in [7, 11) is 1.74. The Balaban J connectivity index is 0.00000676. The van der Waals surface area contributed by atoms with Gasteiger partial charge in [0, 0.05) is 52.2 Å². The number of ether oxygens (including phenoxy) is 1. The molecule has 0 aliphatic carbocycles. The molecule has 0 spiro atoms. The zero-order chi connectivity index (χ0) is 19.4. The van der Waals surface area contributed by atoms with Crippen molar-refractivity contribution in [2.75, 3.05) is 33.2 Å². The van der Waals surface area contributed by atoms with Gasteiger partial charge in [0.2, 0.25) is 0 Å². The van der Waals surface area contributed by atoms with Gasteiger partial charge in [-0.25, -0.2) is 4.79 Å². The second kappa shape index (κ2) is 13.6. The number of aromatic nitrogens is 2. The summed E-state index contributed by atoms with van der Waals surface area (Å²) in [6.07, 6.45) is 5.29. The molecule has 0 atom stereocenters. The smallest absolute Gasteiger partial charge is 0.410 e. The third kappa shape index (κ3) is 11.7. The van der Waals surface area contributed by atoms with Crippen molar-refractivity contribution in [2.45, 2.75) is 52.7 Å². The van der Waals surface area contributed by atoms with Crippen LogP contribution < -0.4 is 10.6 Å². The number of halogens is 1. The summed E-state index contributed by atoms with van der Waals surface area (Å²) in [5.41, 5.74) is -0.483. The van der Waals surface area contributed by atoms with E-state index in [9.17, 15) is 4.79 Å². The lowest BCUT2D eigenvalue weighted by Crippen LogP contribution is -2.44. The highest BCUT2D eigenvalue weighted by Crippen LogP contribution is 2.10. The molecule has 156 valence electrons. The topological polar surface area (TPSA) is 83.8 Å². The first-order valence-corrected chi connectivity index (χ1v) is 9.25. The predicted octanol–water partition coefficient (Wildman–Crippen LogP) is 2.70. The zero-order valence-electron chi connectivity index (χ0n) is 17.2. The monoisotopic (exact) mass is 494 g/mol. The third-order valence-electron chi connectivity index (χ3n) is 3.46. The summed E-state index contributed by atoms with van der Waals surface area (Å²) in [5.74, 6) is 0.728. The summed E-state index contributed by atoms with van der Waals surface area (Å²) in [5, 5.41) is 10.7. The van der Waals surface area contributed by atoms with E-state index in [2.05, 4.69) is 20.7 Å². The van der Waals surface area contributed by atoms with Gasteiger partial charge in [0.15, 0.2) is 5.96 Å². The number of hydrogen-bond donors (Lipinski definition) is 2. The Kier molecular flexibility index (Phi) is 12.9. The van der Waals surface area contributed by atoms with Crippen molar-refractivity contribution in [3.05, 3.63) is 18.5 Å². The van der Waals surface area contributed by atoms with Gasteiger partial charge in [0.1, 0.15) is 5.60 Å². The molecule has 1 amide bonds. The zero-order valence-corrected chi connectivity index (χ0v) is 19.5. The quantitative estimate of drug-likeness (QED) is 0.239. The fourth-order valence-corrected chi connectivity index (χ4v) is 2.30. The van der Waals surface area contributed by atoms with E-state index in [1.165, 1.54) is 0 Å². The number of aliphatic imine (C=N–C) groups is 1. The van der Waals surface area contributed by atoms with Crippen LogP contribution in [0.3, 0.4) is 0 Å². The minimum absolute atomic E-state index is 0. The van der Waals surface area contributed by atoms with E-state index in [1.807, 2.05) is 44.6 Å². The van der Waals surface area contributed by atoms with E-state index in [-0.39, 0.29) is 30.1 Å². The molecule has 1 heterocycles. The second-order valence-electron chi connectivity index (χ2n) is 7.02. The normalized spacial score (nSPS) is 11.5. The SMILES string of the molecule is CCCN(CCNC(=NC)NCCCn1cccn1)C(=O)OC(C)(C)C.I. The Morgan fingerprint density at radius 3 is 2.52 bits per heavy atom. The van der Waals surface area contributed by atoms with E-state index < -0.39 is 5.60 Å². The fourth-order valence-electron chi connectivity index (χ4n) is 2.30. The molecule has 8 nitrogen and oxygen atoms in total. The van der Waals surface area contributed by atoms with Crippen LogP contribution in [0.15, 0.2) is 23.5 Å². The number of carbonyl (C=O) groups is 1. The maximum absolute atomic E-state index is 12.2. The number of aryl methyl sites for hydroxylation is 1. The lowest BCUT2D eigenvalue weighted by Gasteiger charge is -2.27. The molecule has 0 saturated heterocycles. The van der Waals surface area contributed by atoms with Gasteiger partial charge < -0.3 is 20.3 Å². The van der Waals surface area contributed by atoms with Crippen molar-refractivity contribution in [3.63, 3.8) is 0 Å². The van der Waals surface area contributed by atoms with Crippen LogP contribution in [-0.4, -0.2) is 65.6 Å². The first kappa shape index (κ1) is 25.5. The number of nitrogens with zero attached hydrogens (tertiary/aromatic N) is 4. The Morgan fingerprint density at radius 1 is 1.26 bits per heavy atom. The molecule has 1 aromatic rings. The van der Waals surface area contributed by atoms with E-state index >= 15 is 0 Å². The number of carbonyl (C=O) groups excluding carboxylic acids is 1. The van der Waals surface area contributed by atoms with Gasteiger partial charge in [0.25, 0.3) is 0 Å². The number of rotatable bonds is 9. The molecule has 0 bridgehead atoms. The Labute approximate surface area is 180 Å². The van der Waals surface area contributed by atoms with Crippen molar-refractivity contribution in [2.24, 2.45) is 4.99 Å². The summed E-state index contributed by atoms with van der Waals surface area (Å²) in [6.45, 7) is 11.2. The van der Waals surface area contributed by atoms with Crippen LogP contribution in [0.1, 0.15) is 40.5 Å². The van der Waals surface area contributed by atoms with Gasteiger partial charge in [-0.1, -0.05) is 6.92 Å². The second-order valence-corrected chi connectivity index (χ2v) is 7.02. The first-order valence-electron chi connectivity index (χ1n) is 9.25. The molecule has 0 aliphatic rings. The van der Waals surface area contributed by atoms with Crippen LogP contribution in [0.4, 0.5) is 4.79 Å². The summed E-state index contributed by atoms with van der Waals surface area (Å²) in [6, 6.07) is 1.92. The van der Waals surface area contributed by atoms with Crippen molar-refractivity contribution >= 4 is 36.0 Å². The van der Waals surface area contributed by atoms with Crippen LogP contribution in [0.2, 0.25) is 0 Å². The standard InChI is InChI=1S/C18H34N6O2.HI/c1-6-12-23(17(25)26-18(2,3)4)15-11-21-16(19-5)20-9-7-13-24-14-8-10-22-24;/h8,10,14H,6-7,9,11-13,15H2,1-5H3,(H2,19,20,21);1H. The van der Waals surface area contributed by atoms with Crippen LogP contribution in [0.25, 0.3) is 0 Å². The van der Waals surface area contributed by atoms with Crippen molar-refractivity contribution in [1.29, 1.82) is 0 Å². The maximum Gasteiger partial charge on any atom is 0.410 e. The first-order chi connectivity index (χ1) is 12.4. The maximum atomic E-state index is 12.2. The van der Waals surface area contributed by atoms with Crippen LogP contribution in [0, 0.1) is 0 Å². The van der Waals surface area contributed by atoms with Crippen molar-refractivity contribution in [3.8, 4) is 0 Å². The molecular weight excluding hydrogens is 459 g/mol. The molecule has 27 heavy (non-hydrogen) atoms. The van der Waals surface area contributed by atoms with Crippen LogP contribution >= 0.6 is 24.0 Å². The molecule has 1 rings (SSSR count). The summed E-state index contributed by atoms with van der Waals surface area (Å²) in [4.78, 5) is 18.2. The van der Waals surface area contributed by atoms with E-state index in [0.717, 1.165) is 31.9 Å². The average Bonchev–Trinajstić information content (AvgIpc) is 3.07. The van der Waals surface area contributed by atoms with Crippen LogP contribution in [-0.2, 0) is 11.3 Å². The molecular formula is C18H35IN6O2. The highest BCUT2D eigenvalue weighted by molar-refractivity contribution is 14.0. The fraction of sp³-hybridized carbons (Fsp3) is 0.722. The lowest BCUT2D eigenvalue weighted by molar-refractivity contribution is 0.0253. The highest BCUT2D eigenvalue weighted by Gasteiger charge is 2.21. The molecule has 0 aromatic carbocycles. The molecule has 0 radical (unpaired) electrons. The van der Waals surface area contributed by atoms with E-state index in [1.54, 1.807) is 18.1 Å². The van der Waals surface area contributed by atoms with Crippen molar-refractivity contribution in [1.82, 2.24) is 25.3 Å². The molecule has 0 saturated carbocycles. The average molecular weight is 494 g/mol. The summed E-state index contributed by atoms with van der Waals surface area (Å²) >= 11 is 0. The largest absolute Gasteiger partial charge is 0.444 e. The molecule has 2 N–H and O–H groups in total. The minimum atomic E-state index is -0.483. The van der Waals surface area contributed by atoms with E-state index in [0.29, 0.717) is 19.6 Å². The molecule has 0 fully saturated rings. The van der Waals surface area contributed by atoms with Gasteiger partial charge in [-0.2, -0.15) is 5.10 Å². The summed E-state index contributed by atoms with van der Waals surface area (Å²) < 4.78 is 7.36. The number of nitrogens with one attached hydrogen (secondary N) is 2. The van der Waals surface area contributed by atoms with Gasteiger partial charge in [-0.15, -0.1) is 24.0 Å². The lowest BCUT2D eigenvalue weighted by atomic mass is 10.2. The van der Waals surface area contributed by atoms with Gasteiger partial charge >= 0.3 is 6.09 Å². The predicted molar refractivity (Wildman–Crippen MR) is 120 cm³/mol. The highest BCUT2D eigenvalue weighted by atomic mass is 127.